The topological polar surface area (TPSA) is 9.23 Å². The van der Waals surface area contributed by atoms with Gasteiger partial charge in [0.2, 0.25) is 0 Å². The van der Waals surface area contributed by atoms with Gasteiger partial charge in [0.15, 0.2) is 0 Å². The number of ether oxygens (including phenoxy) is 1. The molecule has 0 radical (unpaired) electrons. The fourth-order valence-electron chi connectivity index (χ4n) is 0.875. The highest BCUT2D eigenvalue weighted by Crippen LogP contribution is 2.23. The maximum Gasteiger partial charge on any atom is 0.0927 e. The molecule has 0 spiro atoms. The van der Waals surface area contributed by atoms with Gasteiger partial charge in [-0.15, -0.1) is 11.8 Å². The zero-order chi connectivity index (χ0) is 5.98. The van der Waals surface area contributed by atoms with Gasteiger partial charge in [0, 0.05) is 5.25 Å². The van der Waals surface area contributed by atoms with Gasteiger partial charge in [-0.05, 0) is 13.3 Å². The van der Waals surface area contributed by atoms with E-state index in [0.717, 1.165) is 11.2 Å². The lowest BCUT2D eigenvalue weighted by Crippen LogP contribution is -2.19. The summed E-state index contributed by atoms with van der Waals surface area (Å²) in [5.74, 6) is 0.891. The van der Waals surface area contributed by atoms with Gasteiger partial charge in [-0.3, -0.25) is 0 Å². The predicted molar refractivity (Wildman–Crippen MR) is 37.1 cm³/mol. The number of hydrogen-bond donors (Lipinski definition) is 0. The zero-order valence-electron chi connectivity index (χ0n) is 5.39. The van der Waals surface area contributed by atoms with Crippen LogP contribution in [0.2, 0.25) is 0 Å². The normalized spacial score (nSPS) is 39.8. The second-order valence-corrected chi connectivity index (χ2v) is 3.68. The van der Waals surface area contributed by atoms with Crippen molar-refractivity contribution < 1.29 is 4.74 Å². The molecule has 0 aromatic carbocycles. The first-order chi connectivity index (χ1) is 3.79. The second-order valence-electron chi connectivity index (χ2n) is 2.31. The summed E-state index contributed by atoms with van der Waals surface area (Å²) in [6.07, 6.45) is 1.70. The lowest BCUT2D eigenvalue weighted by molar-refractivity contribution is 0.0895. The van der Waals surface area contributed by atoms with Crippen molar-refractivity contribution in [1.29, 1.82) is 0 Å². The Labute approximate surface area is 54.8 Å². The molecule has 8 heavy (non-hydrogen) atoms. The van der Waals surface area contributed by atoms with Crippen molar-refractivity contribution in [2.24, 2.45) is 0 Å². The van der Waals surface area contributed by atoms with Crippen LogP contribution in [-0.4, -0.2) is 17.3 Å². The van der Waals surface area contributed by atoms with E-state index in [0.29, 0.717) is 6.10 Å². The Morgan fingerprint density at radius 2 is 2.25 bits per heavy atom. The fourth-order valence-corrected chi connectivity index (χ4v) is 1.83. The third-order valence-electron chi connectivity index (χ3n) is 1.37. The van der Waals surface area contributed by atoms with Crippen molar-refractivity contribution in [3.8, 4) is 0 Å². The van der Waals surface area contributed by atoms with Gasteiger partial charge in [-0.2, -0.15) is 0 Å². The van der Waals surface area contributed by atoms with Crippen molar-refractivity contribution in [3.63, 3.8) is 0 Å². The molecule has 0 saturated carbocycles. The van der Waals surface area contributed by atoms with Crippen molar-refractivity contribution in [3.05, 3.63) is 0 Å². The van der Waals surface area contributed by atoms with E-state index >= 15 is 0 Å². The maximum absolute atomic E-state index is 5.31. The van der Waals surface area contributed by atoms with Gasteiger partial charge < -0.3 is 4.74 Å². The van der Waals surface area contributed by atoms with Crippen LogP contribution in [0.5, 0.6) is 0 Å². The summed E-state index contributed by atoms with van der Waals surface area (Å²) in [6, 6.07) is 0. The standard InChI is InChI=1S/C6H12OS/c1-5-3-6(2)8-4-7-5/h5-6H,3-4H2,1-2H3. The third kappa shape index (κ3) is 1.67. The van der Waals surface area contributed by atoms with Crippen LogP contribution in [-0.2, 0) is 4.74 Å². The molecule has 0 amide bonds. The van der Waals surface area contributed by atoms with Gasteiger partial charge >= 0.3 is 0 Å². The van der Waals surface area contributed by atoms with E-state index in [9.17, 15) is 0 Å². The minimum Gasteiger partial charge on any atom is -0.368 e. The van der Waals surface area contributed by atoms with E-state index < -0.39 is 0 Å². The maximum atomic E-state index is 5.31. The van der Waals surface area contributed by atoms with Crippen molar-refractivity contribution >= 4 is 11.8 Å². The lowest BCUT2D eigenvalue weighted by Gasteiger charge is -2.23. The molecule has 2 heteroatoms. The average molecular weight is 132 g/mol. The number of thioether (sulfide) groups is 1. The van der Waals surface area contributed by atoms with Crippen molar-refractivity contribution in [2.45, 2.75) is 31.6 Å². The molecule has 0 aromatic heterocycles. The van der Waals surface area contributed by atoms with Crippen LogP contribution in [0, 0.1) is 0 Å². The minimum absolute atomic E-state index is 0.492. The van der Waals surface area contributed by atoms with Gasteiger partial charge in [-0.1, -0.05) is 6.92 Å². The number of hydrogen-bond acceptors (Lipinski definition) is 2. The van der Waals surface area contributed by atoms with Crippen LogP contribution >= 0.6 is 11.8 Å². The molecule has 2 atom stereocenters. The molecule has 1 aliphatic heterocycles. The van der Waals surface area contributed by atoms with Crippen molar-refractivity contribution in [2.75, 3.05) is 5.94 Å². The summed E-state index contributed by atoms with van der Waals surface area (Å²) in [5.41, 5.74) is 0. The molecule has 0 bridgehead atoms. The first kappa shape index (κ1) is 6.43. The monoisotopic (exact) mass is 132 g/mol. The van der Waals surface area contributed by atoms with Crippen LogP contribution in [0.25, 0.3) is 0 Å². The van der Waals surface area contributed by atoms with Crippen LogP contribution in [0.3, 0.4) is 0 Å². The van der Waals surface area contributed by atoms with Crippen molar-refractivity contribution in [1.82, 2.24) is 0 Å². The quantitative estimate of drug-likeness (QED) is 0.497. The summed E-state index contributed by atoms with van der Waals surface area (Å²) in [4.78, 5) is 0. The van der Waals surface area contributed by atoms with E-state index in [1.54, 1.807) is 0 Å². The average Bonchev–Trinajstić information content (AvgIpc) is 1.64. The Bertz CT molecular complexity index is 66.9. The SMILES string of the molecule is CC1CC(C)SCO1. The molecule has 1 fully saturated rings. The second kappa shape index (κ2) is 2.74. The van der Waals surface area contributed by atoms with Crippen LogP contribution in [0.1, 0.15) is 20.3 Å². The largest absolute Gasteiger partial charge is 0.368 e. The molecule has 0 N–H and O–H groups in total. The molecule has 1 saturated heterocycles. The summed E-state index contributed by atoms with van der Waals surface area (Å²) in [5, 5.41) is 0.804. The van der Waals surface area contributed by atoms with E-state index in [4.69, 9.17) is 4.74 Å². The van der Waals surface area contributed by atoms with E-state index in [2.05, 4.69) is 13.8 Å². The minimum atomic E-state index is 0.492. The van der Waals surface area contributed by atoms with Crippen LogP contribution < -0.4 is 0 Å². The van der Waals surface area contributed by atoms with E-state index in [-0.39, 0.29) is 0 Å². The Morgan fingerprint density at radius 1 is 1.50 bits per heavy atom. The van der Waals surface area contributed by atoms with Crippen LogP contribution in [0.15, 0.2) is 0 Å². The van der Waals surface area contributed by atoms with Gasteiger partial charge in [0.25, 0.3) is 0 Å². The Balaban J connectivity index is 2.23. The lowest BCUT2D eigenvalue weighted by atomic mass is 10.2. The first-order valence-electron chi connectivity index (χ1n) is 3.02. The van der Waals surface area contributed by atoms with Crippen LogP contribution in [0.4, 0.5) is 0 Å². The molecule has 1 rings (SSSR count). The Hall–Kier alpha value is 0.310. The molecule has 0 aromatic rings. The Morgan fingerprint density at radius 3 is 2.62 bits per heavy atom. The van der Waals surface area contributed by atoms with E-state index in [1.807, 2.05) is 11.8 Å². The van der Waals surface area contributed by atoms with Gasteiger partial charge in [-0.25, -0.2) is 0 Å². The van der Waals surface area contributed by atoms with E-state index in [1.165, 1.54) is 6.42 Å². The summed E-state index contributed by atoms with van der Waals surface area (Å²) in [6.45, 7) is 4.39. The number of rotatable bonds is 0. The molecule has 0 aliphatic carbocycles. The summed E-state index contributed by atoms with van der Waals surface area (Å²) < 4.78 is 5.31. The highest BCUT2D eigenvalue weighted by Gasteiger charge is 2.14. The molecular formula is C6H12OS. The highest BCUT2D eigenvalue weighted by atomic mass is 32.2. The molecule has 2 unspecified atom stereocenters. The fraction of sp³-hybridized carbons (Fsp3) is 1.00. The van der Waals surface area contributed by atoms with Gasteiger partial charge in [0.05, 0.1) is 12.0 Å². The highest BCUT2D eigenvalue weighted by molar-refractivity contribution is 7.99. The smallest absolute Gasteiger partial charge is 0.0927 e. The first-order valence-corrected chi connectivity index (χ1v) is 4.07. The Kier molecular flexibility index (Phi) is 2.20. The summed E-state index contributed by atoms with van der Waals surface area (Å²) >= 11 is 1.90. The van der Waals surface area contributed by atoms with Gasteiger partial charge in [0.1, 0.15) is 0 Å². The molecule has 1 heterocycles. The summed E-state index contributed by atoms with van der Waals surface area (Å²) in [7, 11) is 0. The third-order valence-corrected chi connectivity index (χ3v) is 2.40. The molecule has 48 valence electrons. The zero-order valence-corrected chi connectivity index (χ0v) is 6.20. The molecular weight excluding hydrogens is 120 g/mol. The molecule has 1 aliphatic rings. The molecule has 1 nitrogen and oxygen atoms in total. The predicted octanol–water partition coefficient (Wildman–Crippen LogP) is 1.87.